The molecule has 2 atom stereocenters. The molecule has 3 aromatic rings. The molecule has 1 amide bonds. The Hall–Kier alpha value is -3.24. The van der Waals surface area contributed by atoms with Gasteiger partial charge in [-0.2, -0.15) is 13.2 Å². The number of carbonyl (C=O) groups excluding carboxylic acids is 1. The Balaban J connectivity index is 2.21. The van der Waals surface area contributed by atoms with Crippen molar-refractivity contribution in [1.82, 2.24) is 14.5 Å². The number of amides is 1. The van der Waals surface area contributed by atoms with E-state index in [0.717, 1.165) is 17.7 Å². The smallest absolute Gasteiger partial charge is 0.375 e. The molecule has 0 bridgehead atoms. The van der Waals surface area contributed by atoms with Gasteiger partial charge in [-0.3, -0.25) is 4.79 Å². The molecule has 0 saturated heterocycles. The van der Waals surface area contributed by atoms with Crippen LogP contribution in [0, 0.1) is 5.41 Å². The lowest BCUT2D eigenvalue weighted by molar-refractivity contribution is -0.141. The van der Waals surface area contributed by atoms with Gasteiger partial charge in [0.1, 0.15) is 18.6 Å². The highest BCUT2D eigenvalue weighted by Gasteiger charge is 2.39. The van der Waals surface area contributed by atoms with Crippen molar-refractivity contribution < 1.29 is 27.1 Å². The highest BCUT2D eigenvalue weighted by atomic mass is 19.4. The zero-order valence-electron chi connectivity index (χ0n) is 22.0. The Morgan fingerprint density at radius 3 is 2.37 bits per heavy atom. The van der Waals surface area contributed by atoms with Crippen LogP contribution in [-0.2, 0) is 22.3 Å². The number of hydrogen-bond acceptors (Lipinski definition) is 4. The Labute approximate surface area is 220 Å². The first-order chi connectivity index (χ1) is 17.8. The van der Waals surface area contributed by atoms with E-state index in [-0.39, 0.29) is 25.3 Å². The monoisotopic (exact) mass is 534 g/mol. The second kappa shape index (κ2) is 12.1. The van der Waals surface area contributed by atoms with Crippen molar-refractivity contribution in [1.29, 1.82) is 0 Å². The number of carbonyl (C=O) groups is 1. The van der Waals surface area contributed by atoms with Crippen molar-refractivity contribution >= 4 is 5.91 Å². The van der Waals surface area contributed by atoms with E-state index in [4.69, 9.17) is 15.5 Å². The van der Waals surface area contributed by atoms with E-state index in [1.165, 1.54) is 18.1 Å². The fourth-order valence-corrected chi connectivity index (χ4v) is 4.39. The molecular formula is C28H34F4N4O2. The largest absolute Gasteiger partial charge is 0.416 e. The van der Waals surface area contributed by atoms with Crippen LogP contribution in [0.4, 0.5) is 17.6 Å². The molecule has 0 aliphatic rings. The lowest BCUT2D eigenvalue weighted by Crippen LogP contribution is -2.47. The highest BCUT2D eigenvalue weighted by molar-refractivity contribution is 5.78. The maximum Gasteiger partial charge on any atom is 0.416 e. The van der Waals surface area contributed by atoms with E-state index in [0.29, 0.717) is 18.1 Å². The molecule has 0 saturated carbocycles. The zero-order valence-corrected chi connectivity index (χ0v) is 22.0. The number of methoxy groups -OCH3 is 1. The molecule has 3 rings (SSSR count). The molecule has 10 heteroatoms. The van der Waals surface area contributed by atoms with Crippen molar-refractivity contribution in [2.24, 2.45) is 11.1 Å². The molecule has 1 aromatic heterocycles. The summed E-state index contributed by atoms with van der Waals surface area (Å²) < 4.78 is 61.8. The van der Waals surface area contributed by atoms with Crippen LogP contribution in [0.3, 0.4) is 0 Å². The molecular weight excluding hydrogens is 500 g/mol. The van der Waals surface area contributed by atoms with Gasteiger partial charge in [-0.25, -0.2) is 9.37 Å². The topological polar surface area (TPSA) is 73.4 Å². The van der Waals surface area contributed by atoms with Crippen LogP contribution in [0.2, 0.25) is 0 Å². The van der Waals surface area contributed by atoms with Gasteiger partial charge in [-0.1, -0.05) is 63.2 Å². The fraction of sp³-hybridized carbons (Fsp3) is 0.429. The van der Waals surface area contributed by atoms with E-state index < -0.39 is 35.3 Å². The number of nitrogens with two attached hydrogens (primary N) is 1. The zero-order chi connectivity index (χ0) is 28.1. The number of imidazole rings is 1. The quantitative estimate of drug-likeness (QED) is 0.350. The van der Waals surface area contributed by atoms with Crippen LogP contribution in [0.5, 0.6) is 0 Å². The van der Waals surface area contributed by atoms with Crippen LogP contribution in [-0.4, -0.2) is 53.3 Å². The first-order valence-electron chi connectivity index (χ1n) is 12.3. The predicted molar refractivity (Wildman–Crippen MR) is 138 cm³/mol. The molecule has 0 aliphatic carbocycles. The fourth-order valence-electron chi connectivity index (χ4n) is 4.39. The van der Waals surface area contributed by atoms with Gasteiger partial charge >= 0.3 is 6.18 Å². The third-order valence-corrected chi connectivity index (χ3v) is 6.10. The molecule has 0 aliphatic heterocycles. The maximum absolute atomic E-state index is 14.6. The third kappa shape index (κ3) is 7.20. The van der Waals surface area contributed by atoms with Gasteiger partial charge in [0, 0.05) is 32.0 Å². The molecule has 1 heterocycles. The number of aromatic nitrogens is 2. The van der Waals surface area contributed by atoms with Crippen LogP contribution in [0.15, 0.2) is 60.8 Å². The van der Waals surface area contributed by atoms with Crippen LogP contribution < -0.4 is 5.73 Å². The first kappa shape index (κ1) is 29.3. The minimum absolute atomic E-state index is 0.274. The van der Waals surface area contributed by atoms with E-state index >= 15 is 0 Å². The van der Waals surface area contributed by atoms with Crippen LogP contribution >= 0.6 is 0 Å². The maximum atomic E-state index is 14.6. The molecule has 0 spiro atoms. The molecule has 206 valence electrons. The van der Waals surface area contributed by atoms with E-state index in [9.17, 15) is 22.4 Å². The van der Waals surface area contributed by atoms with Gasteiger partial charge in [-0.15, -0.1) is 0 Å². The van der Waals surface area contributed by atoms with Crippen LogP contribution in [0.25, 0.3) is 11.3 Å². The Kier molecular flexibility index (Phi) is 9.32. The number of halogens is 4. The second-order valence-electron chi connectivity index (χ2n) is 10.3. The predicted octanol–water partition coefficient (Wildman–Crippen LogP) is 5.48. The summed E-state index contributed by atoms with van der Waals surface area (Å²) in [7, 11) is 1.38. The number of hydrogen-bond donors (Lipinski definition) is 1. The summed E-state index contributed by atoms with van der Waals surface area (Å²) in [4.78, 5) is 19.3. The molecule has 2 N–H and O–H groups in total. The number of benzene rings is 2. The van der Waals surface area contributed by atoms with Gasteiger partial charge in [0.15, 0.2) is 0 Å². The van der Waals surface area contributed by atoms with E-state index in [1.54, 1.807) is 12.3 Å². The lowest BCUT2D eigenvalue weighted by atomic mass is 9.84. The van der Waals surface area contributed by atoms with Crippen molar-refractivity contribution in [2.45, 2.75) is 45.7 Å². The average Bonchev–Trinajstić information content (AvgIpc) is 3.26. The Morgan fingerprint density at radius 2 is 1.79 bits per heavy atom. The minimum Gasteiger partial charge on any atom is -0.375 e. The summed E-state index contributed by atoms with van der Waals surface area (Å²) in [6.07, 6.45) is -4.33. The third-order valence-electron chi connectivity index (χ3n) is 6.10. The summed E-state index contributed by atoms with van der Waals surface area (Å²) in [6, 6.07) is 13.7. The highest BCUT2D eigenvalue weighted by Crippen LogP contribution is 2.40. The van der Waals surface area contributed by atoms with Gasteiger partial charge in [-0.05, 0) is 23.1 Å². The molecule has 6 nitrogen and oxygen atoms in total. The molecule has 38 heavy (non-hydrogen) atoms. The second-order valence-corrected chi connectivity index (χ2v) is 10.3. The van der Waals surface area contributed by atoms with E-state index in [2.05, 4.69) is 0 Å². The molecule has 2 aromatic carbocycles. The minimum atomic E-state index is -4.51. The molecule has 0 radical (unpaired) electrons. The summed E-state index contributed by atoms with van der Waals surface area (Å²) in [5.74, 6) is -0.0270. The summed E-state index contributed by atoms with van der Waals surface area (Å²) in [6.45, 7) is 5.20. The number of nitrogens with zero attached hydrogens (tertiary/aromatic N) is 3. The summed E-state index contributed by atoms with van der Waals surface area (Å²) in [5, 5.41) is 0. The SMILES string of the molecule is COCC(=O)N(C[C@H](F)CN)[C@@H](c1nc(-c2cccc(C(F)(F)F)c2)cn1Cc1ccccc1)C(C)(C)C. The average molecular weight is 535 g/mol. The number of rotatable bonds is 10. The Morgan fingerprint density at radius 1 is 1.11 bits per heavy atom. The summed E-state index contributed by atoms with van der Waals surface area (Å²) in [5.41, 5.74) is 5.64. The van der Waals surface area contributed by atoms with Gasteiger partial charge in [0.05, 0.1) is 23.8 Å². The van der Waals surface area contributed by atoms with E-state index in [1.807, 2.05) is 55.7 Å². The Bertz CT molecular complexity index is 1210. The van der Waals surface area contributed by atoms with Crippen LogP contribution in [0.1, 0.15) is 43.8 Å². The van der Waals surface area contributed by atoms with Gasteiger partial charge in [0.25, 0.3) is 0 Å². The van der Waals surface area contributed by atoms with Gasteiger partial charge < -0.3 is 19.9 Å². The lowest BCUT2D eigenvalue weighted by Gasteiger charge is -2.40. The van der Waals surface area contributed by atoms with Crippen molar-refractivity contribution in [3.8, 4) is 11.3 Å². The van der Waals surface area contributed by atoms with Crippen molar-refractivity contribution in [2.75, 3.05) is 26.8 Å². The van der Waals surface area contributed by atoms with Crippen molar-refractivity contribution in [3.63, 3.8) is 0 Å². The normalized spacial score (nSPS) is 13.8. The van der Waals surface area contributed by atoms with Gasteiger partial charge in [0.2, 0.25) is 5.91 Å². The number of ether oxygens (including phenoxy) is 1. The molecule has 0 fully saturated rings. The standard InChI is InChI=1S/C28H34F4N4O2/c1-27(2,3)25(36(16-22(29)14-33)24(37)18-38-4)26-34-23(17-35(26)15-19-9-6-5-7-10-19)20-11-8-12-21(13-20)28(30,31)32/h5-13,17,22,25H,14-16,18,33H2,1-4H3/t22-,25+/m1/s1. The summed E-state index contributed by atoms with van der Waals surface area (Å²) >= 11 is 0. The number of alkyl halides is 4. The molecule has 0 unspecified atom stereocenters. The van der Waals surface area contributed by atoms with Crippen molar-refractivity contribution in [3.05, 3.63) is 77.7 Å². The first-order valence-corrected chi connectivity index (χ1v) is 12.3.